The summed E-state index contributed by atoms with van der Waals surface area (Å²) >= 11 is 6.29. The van der Waals surface area contributed by atoms with Gasteiger partial charge < -0.3 is 4.74 Å². The van der Waals surface area contributed by atoms with Crippen LogP contribution in [0.4, 0.5) is 0 Å². The number of carbonyl (C=O) groups is 4. The van der Waals surface area contributed by atoms with Crippen LogP contribution in [0.15, 0.2) is 60.7 Å². The number of rotatable bonds is 6. The van der Waals surface area contributed by atoms with E-state index in [1.807, 2.05) is 0 Å². The number of benzene rings is 2. The number of Topliss-reactive ketones (excluding diaryl/α,β-unsaturated/α-hetero) is 1. The lowest BCUT2D eigenvalue weighted by Gasteiger charge is -2.37. The molecule has 1 aliphatic heterocycles. The van der Waals surface area contributed by atoms with Gasteiger partial charge in [0, 0.05) is 5.56 Å². The van der Waals surface area contributed by atoms with E-state index < -0.39 is 41.9 Å². The van der Waals surface area contributed by atoms with E-state index in [-0.39, 0.29) is 22.4 Å². The van der Waals surface area contributed by atoms with E-state index in [1.54, 1.807) is 42.5 Å². The molecule has 2 aromatic rings. The number of carbonyl (C=O) groups excluding carboxylic acids is 4. The predicted octanol–water partition coefficient (Wildman–Crippen LogP) is 3.64. The Labute approximate surface area is 207 Å². The fourth-order valence-corrected chi connectivity index (χ4v) is 6.43. The van der Waals surface area contributed by atoms with E-state index in [1.165, 1.54) is 13.2 Å². The van der Waals surface area contributed by atoms with Crippen LogP contribution in [0.25, 0.3) is 0 Å². The number of amides is 3. The maximum Gasteiger partial charge on any atom is 0.274 e. The topological polar surface area (TPSA) is 84.0 Å². The van der Waals surface area contributed by atoms with E-state index in [0.717, 1.165) is 16.4 Å². The van der Waals surface area contributed by atoms with Crippen LogP contribution >= 0.6 is 11.6 Å². The third-order valence-electron chi connectivity index (χ3n) is 7.90. The second-order valence-electron chi connectivity index (χ2n) is 9.64. The lowest BCUT2D eigenvalue weighted by atomic mass is 9.63. The van der Waals surface area contributed by atoms with Crippen molar-refractivity contribution in [2.75, 3.05) is 13.7 Å². The standard InChI is InChI=1S/C27H23ClN2O5/c1-35-15-6-4-5-14(11-15)22(31)13-29(25(32)18-7-2-3-8-21(18)28)30-26(33)23-16-9-10-17(20-12-19(16)20)24(23)27(30)34/h2-11,16-17,19-20,23-24H,12-13H2,1H3/t16-,17-,19-,20+,23-,24+/m0/s1. The van der Waals surface area contributed by atoms with Gasteiger partial charge in [-0.15, -0.1) is 0 Å². The fourth-order valence-electron chi connectivity index (χ4n) is 6.21. The Balaban J connectivity index is 1.37. The van der Waals surface area contributed by atoms with Crippen molar-refractivity contribution in [2.45, 2.75) is 6.42 Å². The molecule has 4 aliphatic carbocycles. The third kappa shape index (κ3) is 3.32. The summed E-state index contributed by atoms with van der Waals surface area (Å²) in [6, 6.07) is 12.9. The SMILES string of the molecule is COc1cccc(C(=O)CN(C(=O)c2ccccc2Cl)N2C(=O)[C@@H]3[C@H]4C=C[C@@H]([C@@H]5C[C@H]45)[C@@H]3C2=O)c1. The molecule has 2 bridgehead atoms. The van der Waals surface area contributed by atoms with Crippen molar-refractivity contribution in [2.24, 2.45) is 35.5 Å². The van der Waals surface area contributed by atoms with Gasteiger partial charge in [0.1, 0.15) is 12.3 Å². The minimum Gasteiger partial charge on any atom is -0.497 e. The summed E-state index contributed by atoms with van der Waals surface area (Å²) in [5, 5.41) is 2.09. The molecule has 3 amide bonds. The van der Waals surface area contributed by atoms with Crippen molar-refractivity contribution < 1.29 is 23.9 Å². The van der Waals surface area contributed by atoms with Gasteiger partial charge in [-0.25, -0.2) is 5.01 Å². The van der Waals surface area contributed by atoms with Gasteiger partial charge in [-0.1, -0.05) is 48.0 Å². The molecule has 0 radical (unpaired) electrons. The molecule has 7 nitrogen and oxygen atoms in total. The first-order valence-electron chi connectivity index (χ1n) is 11.7. The Hall–Kier alpha value is -3.45. The molecule has 35 heavy (non-hydrogen) atoms. The second-order valence-corrected chi connectivity index (χ2v) is 10.0. The highest BCUT2D eigenvalue weighted by Gasteiger charge is 2.68. The first-order chi connectivity index (χ1) is 16.9. The van der Waals surface area contributed by atoms with Crippen LogP contribution < -0.4 is 4.74 Å². The predicted molar refractivity (Wildman–Crippen MR) is 126 cm³/mol. The normalized spacial score (nSPS) is 29.6. The van der Waals surface area contributed by atoms with Crippen LogP contribution in [-0.4, -0.2) is 47.2 Å². The van der Waals surface area contributed by atoms with Gasteiger partial charge in [0.15, 0.2) is 5.78 Å². The van der Waals surface area contributed by atoms with Crippen molar-refractivity contribution in [3.63, 3.8) is 0 Å². The summed E-state index contributed by atoms with van der Waals surface area (Å²) in [4.78, 5) is 54.4. The fraction of sp³-hybridized carbons (Fsp3) is 0.333. The molecule has 7 rings (SSSR count). The number of hydrazine groups is 1. The summed E-state index contributed by atoms with van der Waals surface area (Å²) in [6.07, 6.45) is 5.17. The Kier molecular flexibility index (Phi) is 5.07. The molecule has 3 fully saturated rings. The molecule has 1 heterocycles. The smallest absolute Gasteiger partial charge is 0.274 e. The minimum atomic E-state index is -0.669. The van der Waals surface area contributed by atoms with Crippen LogP contribution in [0.3, 0.4) is 0 Å². The molecule has 178 valence electrons. The van der Waals surface area contributed by atoms with Gasteiger partial charge in [0.2, 0.25) is 0 Å². The van der Waals surface area contributed by atoms with Crippen LogP contribution in [0.2, 0.25) is 5.02 Å². The number of hydrogen-bond acceptors (Lipinski definition) is 5. The van der Waals surface area contributed by atoms with E-state index in [0.29, 0.717) is 23.1 Å². The largest absolute Gasteiger partial charge is 0.497 e. The maximum absolute atomic E-state index is 13.7. The van der Waals surface area contributed by atoms with E-state index in [9.17, 15) is 19.2 Å². The molecular weight excluding hydrogens is 468 g/mol. The monoisotopic (exact) mass is 490 g/mol. The molecule has 6 atom stereocenters. The highest BCUT2D eigenvalue weighted by atomic mass is 35.5. The van der Waals surface area contributed by atoms with Crippen molar-refractivity contribution in [1.29, 1.82) is 0 Å². The van der Waals surface area contributed by atoms with Gasteiger partial charge >= 0.3 is 0 Å². The number of ketones is 1. The molecule has 2 saturated carbocycles. The Bertz CT molecular complexity index is 1270. The summed E-state index contributed by atoms with van der Waals surface area (Å²) in [5.74, 6) is -1.56. The number of nitrogens with zero attached hydrogens (tertiary/aromatic N) is 2. The Morgan fingerprint density at radius 1 is 1.00 bits per heavy atom. The molecular formula is C27H23ClN2O5. The molecule has 5 aliphatic rings. The molecule has 2 aromatic carbocycles. The third-order valence-corrected chi connectivity index (χ3v) is 8.23. The van der Waals surface area contributed by atoms with E-state index in [4.69, 9.17) is 16.3 Å². The maximum atomic E-state index is 13.7. The van der Waals surface area contributed by atoms with Crippen molar-refractivity contribution in [3.05, 3.63) is 76.8 Å². The van der Waals surface area contributed by atoms with Crippen LogP contribution in [0.1, 0.15) is 27.1 Å². The number of methoxy groups -OCH3 is 1. The van der Waals surface area contributed by atoms with Crippen LogP contribution in [-0.2, 0) is 9.59 Å². The van der Waals surface area contributed by atoms with Crippen molar-refractivity contribution in [3.8, 4) is 5.75 Å². The highest BCUT2D eigenvalue weighted by molar-refractivity contribution is 6.34. The van der Waals surface area contributed by atoms with Gasteiger partial charge in [0.05, 0.1) is 29.5 Å². The minimum absolute atomic E-state index is 0.00259. The molecule has 0 aromatic heterocycles. The first kappa shape index (κ1) is 22.0. The van der Waals surface area contributed by atoms with Gasteiger partial charge in [-0.2, -0.15) is 5.01 Å². The quantitative estimate of drug-likeness (QED) is 0.350. The Morgan fingerprint density at radius 2 is 1.66 bits per heavy atom. The van der Waals surface area contributed by atoms with Gasteiger partial charge in [-0.3, -0.25) is 19.2 Å². The molecule has 8 heteroatoms. The molecule has 0 unspecified atom stereocenters. The molecule has 0 N–H and O–H groups in total. The summed E-state index contributed by atoms with van der Waals surface area (Å²) in [7, 11) is 1.49. The van der Waals surface area contributed by atoms with Crippen LogP contribution in [0, 0.1) is 35.5 Å². The lowest BCUT2D eigenvalue weighted by molar-refractivity contribution is -0.154. The van der Waals surface area contributed by atoms with E-state index in [2.05, 4.69) is 12.2 Å². The molecule has 1 saturated heterocycles. The first-order valence-corrected chi connectivity index (χ1v) is 12.1. The zero-order valence-electron chi connectivity index (χ0n) is 19.0. The van der Waals surface area contributed by atoms with Gasteiger partial charge in [-0.05, 0) is 54.4 Å². The number of imide groups is 1. The second kappa shape index (κ2) is 8.05. The van der Waals surface area contributed by atoms with Gasteiger partial charge in [0.25, 0.3) is 17.7 Å². The Morgan fingerprint density at radius 3 is 2.29 bits per heavy atom. The number of hydrogen-bond donors (Lipinski definition) is 0. The van der Waals surface area contributed by atoms with E-state index >= 15 is 0 Å². The average molecular weight is 491 g/mol. The summed E-state index contributed by atoms with van der Waals surface area (Å²) in [6.45, 7) is -0.482. The highest BCUT2D eigenvalue weighted by Crippen LogP contribution is 2.65. The van der Waals surface area contributed by atoms with Crippen molar-refractivity contribution >= 4 is 35.1 Å². The number of ether oxygens (including phenoxy) is 1. The zero-order chi connectivity index (χ0) is 24.4. The number of halogens is 1. The zero-order valence-corrected chi connectivity index (χ0v) is 19.7. The lowest BCUT2D eigenvalue weighted by Crippen LogP contribution is -2.52. The summed E-state index contributed by atoms with van der Waals surface area (Å²) < 4.78 is 5.21. The average Bonchev–Trinajstić information content (AvgIpc) is 3.66. The van der Waals surface area contributed by atoms with Crippen molar-refractivity contribution in [1.82, 2.24) is 10.0 Å². The summed E-state index contributed by atoms with van der Waals surface area (Å²) in [5.41, 5.74) is 0.424. The number of allylic oxidation sites excluding steroid dienone is 2. The molecule has 0 spiro atoms. The van der Waals surface area contributed by atoms with Crippen LogP contribution in [0.5, 0.6) is 5.75 Å².